The van der Waals surface area contributed by atoms with Crippen LogP contribution in [0, 0.1) is 0 Å². The van der Waals surface area contributed by atoms with Gasteiger partial charge in [0, 0.05) is 6.04 Å². The lowest BCUT2D eigenvalue weighted by Gasteiger charge is -2.40. The molecule has 1 aromatic carbocycles. The predicted octanol–water partition coefficient (Wildman–Crippen LogP) is 2.21. The quantitative estimate of drug-likeness (QED) is 0.735. The van der Waals surface area contributed by atoms with Crippen LogP contribution in [0.4, 0.5) is 0 Å². The molecule has 82 valence electrons. The van der Waals surface area contributed by atoms with Crippen molar-refractivity contribution in [2.45, 2.75) is 37.5 Å². The number of hydrogen-bond donors (Lipinski definition) is 1. The van der Waals surface area contributed by atoms with Crippen molar-refractivity contribution in [1.82, 2.24) is 0 Å². The summed E-state index contributed by atoms with van der Waals surface area (Å²) in [6, 6.07) is 8.72. The molecule has 1 fully saturated rings. The highest BCUT2D eigenvalue weighted by molar-refractivity contribution is 5.85. The third-order valence-electron chi connectivity index (χ3n) is 3.36. The molecule has 2 nitrogen and oxygen atoms in total. The topological polar surface area (TPSA) is 35.2 Å². The molecule has 0 unspecified atom stereocenters. The number of ether oxygens (including phenoxy) is 1. The molecule has 0 amide bonds. The molecule has 0 spiro atoms. The van der Waals surface area contributed by atoms with Gasteiger partial charge in [-0.3, -0.25) is 0 Å². The zero-order valence-corrected chi connectivity index (χ0v) is 9.37. The molecule has 0 aromatic heterocycles. The minimum absolute atomic E-state index is 0. The van der Waals surface area contributed by atoms with Crippen molar-refractivity contribution < 1.29 is 4.74 Å². The largest absolute Gasteiger partial charge is 0.368 e. The molecule has 2 heterocycles. The van der Waals surface area contributed by atoms with Crippen LogP contribution in [0.15, 0.2) is 24.3 Å². The molecule has 3 heteroatoms. The van der Waals surface area contributed by atoms with Gasteiger partial charge in [-0.2, -0.15) is 0 Å². The van der Waals surface area contributed by atoms with Crippen LogP contribution < -0.4 is 5.73 Å². The molecule has 3 atom stereocenters. The summed E-state index contributed by atoms with van der Waals surface area (Å²) >= 11 is 0. The van der Waals surface area contributed by atoms with Gasteiger partial charge in [0.15, 0.2) is 0 Å². The average Bonchev–Trinajstić information content (AvgIpc) is 2.23. The molecule has 0 aliphatic carbocycles. The van der Waals surface area contributed by atoms with Crippen molar-refractivity contribution >= 4 is 12.4 Å². The second-order valence-electron chi connectivity index (χ2n) is 4.32. The molecule has 0 radical (unpaired) electrons. The number of fused-ring (bicyclic) bond motifs is 4. The molecule has 15 heavy (non-hydrogen) atoms. The summed E-state index contributed by atoms with van der Waals surface area (Å²) < 4.78 is 5.94. The molecule has 2 aliphatic heterocycles. The Morgan fingerprint density at radius 2 is 2.00 bits per heavy atom. The number of nitrogens with two attached hydrogens (primary N) is 1. The van der Waals surface area contributed by atoms with Crippen LogP contribution in [0.2, 0.25) is 0 Å². The number of rotatable bonds is 0. The Morgan fingerprint density at radius 3 is 2.87 bits per heavy atom. The van der Waals surface area contributed by atoms with Gasteiger partial charge in [0.1, 0.15) is 0 Å². The van der Waals surface area contributed by atoms with Gasteiger partial charge in [0.2, 0.25) is 0 Å². The Kier molecular flexibility index (Phi) is 3.01. The molecule has 2 bridgehead atoms. The lowest BCUT2D eigenvalue weighted by molar-refractivity contribution is -0.0730. The lowest BCUT2D eigenvalue weighted by atomic mass is 9.84. The van der Waals surface area contributed by atoms with E-state index in [-0.39, 0.29) is 24.6 Å². The fourth-order valence-corrected chi connectivity index (χ4v) is 2.60. The molecule has 1 saturated heterocycles. The van der Waals surface area contributed by atoms with E-state index >= 15 is 0 Å². The molecule has 1 aromatic rings. The van der Waals surface area contributed by atoms with Gasteiger partial charge in [-0.15, -0.1) is 12.4 Å². The van der Waals surface area contributed by atoms with Crippen molar-refractivity contribution in [3.8, 4) is 0 Å². The van der Waals surface area contributed by atoms with Crippen molar-refractivity contribution in [3.63, 3.8) is 0 Å². The van der Waals surface area contributed by atoms with Crippen LogP contribution >= 0.6 is 12.4 Å². The first-order valence-corrected chi connectivity index (χ1v) is 5.33. The normalized spacial score (nSPS) is 32.7. The van der Waals surface area contributed by atoms with Gasteiger partial charge >= 0.3 is 0 Å². The first-order chi connectivity index (χ1) is 6.84. The molecule has 0 saturated carbocycles. The molecular formula is C12H16ClNO. The van der Waals surface area contributed by atoms with Crippen LogP contribution in [0.3, 0.4) is 0 Å². The fraction of sp³-hybridized carbons (Fsp3) is 0.500. The van der Waals surface area contributed by atoms with Crippen LogP contribution in [0.25, 0.3) is 0 Å². The van der Waals surface area contributed by atoms with E-state index in [1.54, 1.807) is 0 Å². The summed E-state index contributed by atoms with van der Waals surface area (Å²) in [7, 11) is 0. The minimum atomic E-state index is 0. The summed E-state index contributed by atoms with van der Waals surface area (Å²) in [4.78, 5) is 0. The summed E-state index contributed by atoms with van der Waals surface area (Å²) in [5.41, 5.74) is 8.83. The van der Waals surface area contributed by atoms with Gasteiger partial charge in [-0.05, 0) is 30.4 Å². The number of halogens is 1. The molecule has 2 N–H and O–H groups in total. The Hall–Kier alpha value is -0.570. The number of benzene rings is 1. The van der Waals surface area contributed by atoms with E-state index < -0.39 is 0 Å². The highest BCUT2D eigenvalue weighted by Crippen LogP contribution is 2.38. The zero-order chi connectivity index (χ0) is 9.54. The smallest absolute Gasteiger partial charge is 0.0982 e. The Bertz CT molecular complexity index is 355. The monoisotopic (exact) mass is 225 g/mol. The van der Waals surface area contributed by atoms with Crippen LogP contribution in [-0.2, 0) is 11.2 Å². The molecule has 3 rings (SSSR count). The van der Waals surface area contributed by atoms with E-state index in [4.69, 9.17) is 10.5 Å². The average molecular weight is 226 g/mol. The van der Waals surface area contributed by atoms with E-state index in [0.717, 1.165) is 19.3 Å². The zero-order valence-electron chi connectivity index (χ0n) is 8.56. The van der Waals surface area contributed by atoms with E-state index in [1.165, 1.54) is 11.1 Å². The molecule has 2 aliphatic rings. The fourth-order valence-electron chi connectivity index (χ4n) is 2.60. The van der Waals surface area contributed by atoms with Crippen LogP contribution in [0.1, 0.15) is 30.1 Å². The van der Waals surface area contributed by atoms with Gasteiger partial charge in [0.25, 0.3) is 0 Å². The van der Waals surface area contributed by atoms with Crippen molar-refractivity contribution in [3.05, 3.63) is 35.4 Å². The van der Waals surface area contributed by atoms with Gasteiger partial charge in [-0.25, -0.2) is 0 Å². The second-order valence-corrected chi connectivity index (χ2v) is 4.32. The molecular weight excluding hydrogens is 210 g/mol. The maximum Gasteiger partial charge on any atom is 0.0982 e. The van der Waals surface area contributed by atoms with E-state index in [0.29, 0.717) is 6.10 Å². The summed E-state index contributed by atoms with van der Waals surface area (Å²) in [6.07, 6.45) is 3.85. The Morgan fingerprint density at radius 1 is 1.20 bits per heavy atom. The first-order valence-electron chi connectivity index (χ1n) is 5.33. The second kappa shape index (κ2) is 4.12. The third kappa shape index (κ3) is 1.78. The van der Waals surface area contributed by atoms with E-state index in [1.807, 2.05) is 0 Å². The maximum absolute atomic E-state index is 6.08. The van der Waals surface area contributed by atoms with Crippen LogP contribution in [-0.4, -0.2) is 12.1 Å². The van der Waals surface area contributed by atoms with E-state index in [2.05, 4.69) is 24.3 Å². The van der Waals surface area contributed by atoms with Crippen molar-refractivity contribution in [1.29, 1.82) is 0 Å². The van der Waals surface area contributed by atoms with Gasteiger partial charge in [0.05, 0.1) is 12.2 Å². The van der Waals surface area contributed by atoms with E-state index in [9.17, 15) is 0 Å². The summed E-state index contributed by atoms with van der Waals surface area (Å²) in [5.74, 6) is 0. The van der Waals surface area contributed by atoms with Gasteiger partial charge in [-0.1, -0.05) is 24.3 Å². The third-order valence-corrected chi connectivity index (χ3v) is 3.36. The Balaban J connectivity index is 0.000000853. The summed E-state index contributed by atoms with van der Waals surface area (Å²) in [6.45, 7) is 0. The highest BCUT2D eigenvalue weighted by Gasteiger charge is 2.35. The lowest BCUT2D eigenvalue weighted by Crippen LogP contribution is -2.42. The minimum Gasteiger partial charge on any atom is -0.368 e. The maximum atomic E-state index is 6.08. The summed E-state index contributed by atoms with van der Waals surface area (Å²) in [5, 5.41) is 0. The number of hydrogen-bond acceptors (Lipinski definition) is 2. The predicted molar refractivity (Wildman–Crippen MR) is 62.2 cm³/mol. The van der Waals surface area contributed by atoms with Crippen LogP contribution in [0.5, 0.6) is 0 Å². The Labute approximate surface area is 96.2 Å². The van der Waals surface area contributed by atoms with Gasteiger partial charge < -0.3 is 10.5 Å². The first kappa shape index (κ1) is 10.9. The highest BCUT2D eigenvalue weighted by atomic mass is 35.5. The van der Waals surface area contributed by atoms with Crippen molar-refractivity contribution in [2.75, 3.05) is 0 Å². The van der Waals surface area contributed by atoms with Crippen molar-refractivity contribution in [2.24, 2.45) is 5.73 Å². The standard InChI is InChI=1S/C12H15NO.ClH/c13-11-6-5-9-7-8-3-1-2-4-10(8)12(11)14-9;/h1-4,9,11-12H,5-7,13H2;1H/t9-,11+,12-;/m0./s1. The SMILES string of the molecule is Cl.N[C@@H]1CC[C@H]2Cc3ccccc3[C@@H]1O2.